The van der Waals surface area contributed by atoms with Gasteiger partial charge in [-0.05, 0) is 77.3 Å². The van der Waals surface area contributed by atoms with Crippen LogP contribution >= 0.6 is 0 Å². The molecule has 0 radical (unpaired) electrons. The molecule has 0 atom stereocenters. The van der Waals surface area contributed by atoms with E-state index in [1.807, 2.05) is 6.07 Å². The molecule has 0 saturated heterocycles. The molecule has 0 bridgehead atoms. The van der Waals surface area contributed by atoms with Crippen molar-refractivity contribution < 1.29 is 23.1 Å². The number of alkyl halides is 1. The van der Waals surface area contributed by atoms with Crippen LogP contribution in [-0.2, 0) is 4.74 Å². The maximum atomic E-state index is 14.5. The molecule has 2 aromatic heterocycles. The molecule has 0 spiro atoms. The van der Waals surface area contributed by atoms with Crippen LogP contribution in [-0.4, -0.2) is 39.9 Å². The zero-order valence-electron chi connectivity index (χ0n) is 21.3. The molecule has 3 aromatic rings. The molecule has 0 aliphatic heterocycles. The molecule has 3 rings (SSSR count). The number of fused-ring (bicyclic) bond motifs is 1. The van der Waals surface area contributed by atoms with Gasteiger partial charge < -0.3 is 15.4 Å². The minimum atomic E-state index is -1.42. The largest absolute Gasteiger partial charge is 0.444 e. The molecule has 0 unspecified atom stereocenters. The van der Waals surface area contributed by atoms with E-state index in [9.17, 15) is 18.4 Å². The first kappa shape index (κ1) is 26.8. The molecule has 10 heteroatoms. The van der Waals surface area contributed by atoms with Gasteiger partial charge in [0.05, 0.1) is 11.2 Å². The van der Waals surface area contributed by atoms with Crippen LogP contribution in [0.3, 0.4) is 0 Å². The summed E-state index contributed by atoms with van der Waals surface area (Å²) in [4.78, 5) is 32.9. The number of pyridine rings is 2. The highest BCUT2D eigenvalue weighted by Crippen LogP contribution is 2.30. The summed E-state index contributed by atoms with van der Waals surface area (Å²) in [5, 5.41) is 8.29. The Hall–Kier alpha value is -3.82. The monoisotopic (exact) mass is 499 g/mol. The third-order valence-electron chi connectivity index (χ3n) is 5.07. The highest BCUT2D eigenvalue weighted by atomic mass is 19.1. The predicted octanol–water partition coefficient (Wildman–Crippen LogP) is 6.35. The highest BCUT2D eigenvalue weighted by molar-refractivity contribution is 5.92. The molecule has 0 aliphatic rings. The van der Waals surface area contributed by atoms with E-state index in [4.69, 9.17) is 4.74 Å². The number of halogens is 2. The van der Waals surface area contributed by atoms with Crippen LogP contribution in [0.15, 0.2) is 36.7 Å². The Kier molecular flexibility index (Phi) is 7.76. The van der Waals surface area contributed by atoms with Crippen molar-refractivity contribution in [2.24, 2.45) is 0 Å². The Morgan fingerprint density at radius 3 is 2.39 bits per heavy atom. The third-order valence-corrected chi connectivity index (χ3v) is 5.07. The minimum Gasteiger partial charge on any atom is -0.444 e. The summed E-state index contributed by atoms with van der Waals surface area (Å²) in [5.41, 5.74) is 0.533. The van der Waals surface area contributed by atoms with Crippen molar-refractivity contribution in [2.45, 2.75) is 59.2 Å². The number of hydrogen-bond acceptors (Lipinski definition) is 5. The molecule has 36 heavy (non-hydrogen) atoms. The fraction of sp³-hybridized carbons (Fsp3) is 0.385. The van der Waals surface area contributed by atoms with Crippen LogP contribution in [0.4, 0.5) is 29.9 Å². The Labute approximate surface area is 208 Å². The fourth-order valence-corrected chi connectivity index (χ4v) is 3.37. The van der Waals surface area contributed by atoms with Crippen LogP contribution in [0.2, 0.25) is 0 Å². The number of carbonyl (C=O) groups excluding carboxylic acids is 2. The number of benzene rings is 1. The molecule has 192 valence electrons. The highest BCUT2D eigenvalue weighted by Gasteiger charge is 2.18. The Morgan fingerprint density at radius 2 is 1.72 bits per heavy atom. The van der Waals surface area contributed by atoms with Gasteiger partial charge >= 0.3 is 12.1 Å². The maximum Gasteiger partial charge on any atom is 0.413 e. The quantitative estimate of drug-likeness (QED) is 0.366. The average Bonchev–Trinajstić information content (AvgIpc) is 2.73. The number of ether oxygens (including phenoxy) is 1. The first-order valence-electron chi connectivity index (χ1n) is 11.5. The molecular formula is C26H31F2N5O3. The van der Waals surface area contributed by atoms with Gasteiger partial charge in [0.2, 0.25) is 0 Å². The Bertz CT molecular complexity index is 1280. The number of hydrogen-bond donors (Lipinski definition) is 3. The Morgan fingerprint density at radius 1 is 1.00 bits per heavy atom. The van der Waals surface area contributed by atoms with Gasteiger partial charge in [-0.25, -0.2) is 23.4 Å². The van der Waals surface area contributed by atoms with Crippen LogP contribution in [0.5, 0.6) is 0 Å². The number of carbonyl (C=O) groups is 2. The number of aryl methyl sites for hydroxylation is 1. The summed E-state index contributed by atoms with van der Waals surface area (Å²) >= 11 is 0. The third kappa shape index (κ3) is 7.59. The topological polar surface area (TPSA) is 105 Å². The average molecular weight is 500 g/mol. The van der Waals surface area contributed by atoms with Crippen LogP contribution in [0, 0.1) is 12.7 Å². The summed E-state index contributed by atoms with van der Waals surface area (Å²) in [6.07, 6.45) is 2.70. The number of anilines is 2. The lowest BCUT2D eigenvalue weighted by atomic mass is 10.00. The van der Waals surface area contributed by atoms with Gasteiger partial charge in [-0.3, -0.25) is 10.3 Å². The SMILES string of the molecule is Cc1cc(F)c(NC(=O)NCCC(C)(C)F)cc1-c1cnc2cc(NC(=O)OC(C)(C)C)ncc2c1. The maximum absolute atomic E-state index is 14.5. The van der Waals surface area contributed by atoms with Gasteiger partial charge in [0.1, 0.15) is 22.9 Å². The molecule has 0 aliphatic carbocycles. The lowest BCUT2D eigenvalue weighted by molar-refractivity contribution is 0.0635. The summed E-state index contributed by atoms with van der Waals surface area (Å²) in [5.74, 6) is -0.297. The number of aromatic nitrogens is 2. The molecule has 8 nitrogen and oxygen atoms in total. The van der Waals surface area contributed by atoms with E-state index in [0.717, 1.165) is 0 Å². The lowest BCUT2D eigenvalue weighted by Crippen LogP contribution is -2.32. The van der Waals surface area contributed by atoms with Gasteiger partial charge in [0, 0.05) is 36.0 Å². The molecule has 1 aromatic carbocycles. The molecule has 0 saturated carbocycles. The van der Waals surface area contributed by atoms with Crippen molar-refractivity contribution in [1.29, 1.82) is 0 Å². The number of nitrogens with zero attached hydrogens (tertiary/aromatic N) is 2. The van der Waals surface area contributed by atoms with Gasteiger partial charge in [0.25, 0.3) is 0 Å². The zero-order valence-corrected chi connectivity index (χ0v) is 21.3. The molecule has 3 N–H and O–H groups in total. The second-order valence-electron chi connectivity index (χ2n) is 10.1. The van der Waals surface area contributed by atoms with Crippen molar-refractivity contribution in [1.82, 2.24) is 15.3 Å². The zero-order chi connectivity index (χ0) is 26.7. The van der Waals surface area contributed by atoms with E-state index in [0.29, 0.717) is 33.4 Å². The van der Waals surface area contributed by atoms with E-state index >= 15 is 0 Å². The van der Waals surface area contributed by atoms with Crippen molar-refractivity contribution in [3.63, 3.8) is 0 Å². The molecule has 2 heterocycles. The van der Waals surface area contributed by atoms with E-state index in [1.165, 1.54) is 26.0 Å². The van der Waals surface area contributed by atoms with Gasteiger partial charge in [0.15, 0.2) is 0 Å². The molecule has 0 fully saturated rings. The van der Waals surface area contributed by atoms with Crippen LogP contribution < -0.4 is 16.0 Å². The summed E-state index contributed by atoms with van der Waals surface area (Å²) in [7, 11) is 0. The van der Waals surface area contributed by atoms with E-state index < -0.39 is 29.2 Å². The molecule has 3 amide bonds. The second-order valence-corrected chi connectivity index (χ2v) is 10.1. The van der Waals surface area contributed by atoms with Gasteiger partial charge in [-0.2, -0.15) is 0 Å². The fourth-order valence-electron chi connectivity index (χ4n) is 3.37. The van der Waals surface area contributed by atoms with Gasteiger partial charge in [-0.1, -0.05) is 0 Å². The van der Waals surface area contributed by atoms with Crippen LogP contribution in [0.25, 0.3) is 22.0 Å². The predicted molar refractivity (Wildman–Crippen MR) is 136 cm³/mol. The smallest absolute Gasteiger partial charge is 0.413 e. The number of rotatable bonds is 6. The molecular weight excluding hydrogens is 468 g/mol. The number of amides is 3. The summed E-state index contributed by atoms with van der Waals surface area (Å²) in [6, 6.07) is 5.68. The van der Waals surface area contributed by atoms with E-state index in [1.54, 1.807) is 46.2 Å². The lowest BCUT2D eigenvalue weighted by Gasteiger charge is -2.19. The minimum absolute atomic E-state index is 0.0114. The number of nitrogens with one attached hydrogen (secondary N) is 3. The van der Waals surface area contributed by atoms with Crippen molar-refractivity contribution in [3.8, 4) is 11.1 Å². The van der Waals surface area contributed by atoms with Crippen LogP contribution in [0.1, 0.15) is 46.6 Å². The van der Waals surface area contributed by atoms with E-state index in [2.05, 4.69) is 25.9 Å². The first-order chi connectivity index (χ1) is 16.7. The van der Waals surface area contributed by atoms with Gasteiger partial charge in [-0.15, -0.1) is 0 Å². The Balaban J connectivity index is 1.79. The van der Waals surface area contributed by atoms with Crippen molar-refractivity contribution in [2.75, 3.05) is 17.2 Å². The standard InChI is InChI=1S/C26H31F2N5O3/c1-15-9-19(27)21(32-23(34)29-8-7-26(5,6)28)11-18(15)16-10-17-14-31-22(12-20(17)30-13-16)33-24(35)36-25(2,3)4/h9-14H,7-8H2,1-6H3,(H2,29,32,34)(H,31,33,35). The van der Waals surface area contributed by atoms with E-state index in [-0.39, 0.29) is 18.7 Å². The summed E-state index contributed by atoms with van der Waals surface area (Å²) in [6.45, 7) is 10.0. The normalized spacial score (nSPS) is 11.8. The van der Waals surface area contributed by atoms with Crippen molar-refractivity contribution >= 4 is 34.5 Å². The summed E-state index contributed by atoms with van der Waals surface area (Å²) < 4.78 is 33.4. The van der Waals surface area contributed by atoms with Crippen molar-refractivity contribution in [3.05, 3.63) is 48.0 Å². The first-order valence-corrected chi connectivity index (χ1v) is 11.5. The second kappa shape index (κ2) is 10.4. The number of urea groups is 1.